The Morgan fingerprint density at radius 3 is 2.92 bits per heavy atom. The number of nitrogens with zero attached hydrogens (tertiary/aromatic N) is 4. The lowest BCUT2D eigenvalue weighted by molar-refractivity contribution is 0.0957. The summed E-state index contributed by atoms with van der Waals surface area (Å²) in [6.07, 6.45) is 1.42. The van der Waals surface area contributed by atoms with E-state index in [1.54, 1.807) is 6.92 Å². The highest BCUT2D eigenvalue weighted by molar-refractivity contribution is 7.20. The monoisotopic (exact) mass is 347 g/mol. The molecule has 0 aliphatic carbocycles. The Kier molecular flexibility index (Phi) is 4.66. The molecule has 3 aromatic rings. The van der Waals surface area contributed by atoms with E-state index in [2.05, 4.69) is 34.4 Å². The summed E-state index contributed by atoms with van der Waals surface area (Å²) < 4.78 is 6.90. The lowest BCUT2D eigenvalue weighted by atomic mass is 10.1. The smallest absolute Gasteiger partial charge is 0.261 e. The predicted molar refractivity (Wildman–Crippen MR) is 92.4 cm³/mol. The van der Waals surface area contributed by atoms with Gasteiger partial charge < -0.3 is 9.84 Å². The molecule has 0 radical (unpaired) electrons. The van der Waals surface area contributed by atoms with Gasteiger partial charge in [-0.05, 0) is 25.3 Å². The Bertz CT molecular complexity index is 861. The van der Waals surface area contributed by atoms with Crippen LogP contribution in [0.1, 0.15) is 53.3 Å². The highest BCUT2D eigenvalue weighted by atomic mass is 32.1. The van der Waals surface area contributed by atoms with Crippen LogP contribution in [0.15, 0.2) is 10.6 Å². The van der Waals surface area contributed by atoms with Crippen LogP contribution in [0.3, 0.4) is 0 Å². The first kappa shape index (κ1) is 16.6. The van der Waals surface area contributed by atoms with E-state index in [-0.39, 0.29) is 5.91 Å². The van der Waals surface area contributed by atoms with Gasteiger partial charge in [-0.15, -0.1) is 11.3 Å². The largest absolute Gasteiger partial charge is 0.351 e. The molecule has 1 N–H and O–H groups in total. The highest BCUT2D eigenvalue weighted by Gasteiger charge is 2.18. The Hall–Kier alpha value is -2.22. The van der Waals surface area contributed by atoms with Gasteiger partial charge >= 0.3 is 0 Å². The summed E-state index contributed by atoms with van der Waals surface area (Å²) >= 11 is 1.48. The van der Waals surface area contributed by atoms with Crippen LogP contribution in [-0.2, 0) is 13.5 Å². The molecule has 0 aromatic carbocycles. The maximum absolute atomic E-state index is 12.3. The standard InChI is InChI=1S/C16H21N5O2S/c1-9(2)14-11-8-12(24-16(11)21(4)19-14)15(22)17-7-5-6-13-18-10(3)20-23-13/h8-9H,5-7H2,1-4H3,(H,17,22). The molecule has 0 saturated carbocycles. The van der Waals surface area contributed by atoms with Crippen LogP contribution < -0.4 is 5.32 Å². The van der Waals surface area contributed by atoms with Crippen molar-refractivity contribution in [3.05, 3.63) is 28.4 Å². The van der Waals surface area contributed by atoms with Crippen molar-refractivity contribution >= 4 is 27.5 Å². The van der Waals surface area contributed by atoms with E-state index in [1.807, 2.05) is 17.8 Å². The fourth-order valence-corrected chi connectivity index (χ4v) is 3.57. The molecule has 0 atom stereocenters. The van der Waals surface area contributed by atoms with Crippen LogP contribution >= 0.6 is 11.3 Å². The zero-order valence-corrected chi connectivity index (χ0v) is 15.1. The van der Waals surface area contributed by atoms with Gasteiger partial charge in [0.2, 0.25) is 5.89 Å². The maximum Gasteiger partial charge on any atom is 0.261 e. The predicted octanol–water partition coefficient (Wildman–Crippen LogP) is 2.81. The number of fused-ring (bicyclic) bond motifs is 1. The second-order valence-electron chi connectivity index (χ2n) is 6.09. The van der Waals surface area contributed by atoms with Gasteiger partial charge in [-0.25, -0.2) is 0 Å². The topological polar surface area (TPSA) is 85.8 Å². The third-order valence-corrected chi connectivity index (χ3v) is 4.93. The van der Waals surface area contributed by atoms with E-state index in [4.69, 9.17) is 4.52 Å². The summed E-state index contributed by atoms with van der Waals surface area (Å²) in [6, 6.07) is 1.94. The molecular formula is C16H21N5O2S. The molecule has 0 bridgehead atoms. The molecule has 0 aliphatic heterocycles. The van der Waals surface area contributed by atoms with Crippen LogP contribution in [0.4, 0.5) is 0 Å². The van der Waals surface area contributed by atoms with Crippen molar-refractivity contribution < 1.29 is 9.32 Å². The van der Waals surface area contributed by atoms with Crippen molar-refractivity contribution in [1.82, 2.24) is 25.2 Å². The minimum absolute atomic E-state index is 0.0485. The van der Waals surface area contributed by atoms with Crippen LogP contribution in [0, 0.1) is 6.92 Å². The molecule has 0 saturated heterocycles. The third kappa shape index (κ3) is 3.33. The van der Waals surface area contributed by atoms with Gasteiger partial charge in [-0.2, -0.15) is 10.1 Å². The Balaban J connectivity index is 1.60. The van der Waals surface area contributed by atoms with Gasteiger partial charge in [-0.3, -0.25) is 9.48 Å². The van der Waals surface area contributed by atoms with Gasteiger partial charge in [0, 0.05) is 25.4 Å². The number of rotatable bonds is 6. The van der Waals surface area contributed by atoms with Crippen LogP contribution in [0.5, 0.6) is 0 Å². The minimum Gasteiger partial charge on any atom is -0.351 e. The lowest BCUT2D eigenvalue weighted by Crippen LogP contribution is -2.23. The van der Waals surface area contributed by atoms with Crippen molar-refractivity contribution in [3.8, 4) is 0 Å². The molecule has 0 unspecified atom stereocenters. The molecule has 24 heavy (non-hydrogen) atoms. The summed E-state index contributed by atoms with van der Waals surface area (Å²) in [7, 11) is 1.92. The molecule has 8 heteroatoms. The van der Waals surface area contributed by atoms with E-state index < -0.39 is 0 Å². The summed E-state index contributed by atoms with van der Waals surface area (Å²) in [5.41, 5.74) is 1.04. The Morgan fingerprint density at radius 2 is 2.25 bits per heavy atom. The zero-order chi connectivity index (χ0) is 17.3. The fraction of sp³-hybridized carbons (Fsp3) is 0.500. The second-order valence-corrected chi connectivity index (χ2v) is 7.12. The Labute approximate surface area is 144 Å². The van der Waals surface area contributed by atoms with E-state index in [9.17, 15) is 4.79 Å². The van der Waals surface area contributed by atoms with Gasteiger partial charge in [0.1, 0.15) is 4.83 Å². The van der Waals surface area contributed by atoms with Gasteiger partial charge in [0.15, 0.2) is 5.82 Å². The summed E-state index contributed by atoms with van der Waals surface area (Å²) in [4.78, 5) is 18.2. The summed E-state index contributed by atoms with van der Waals surface area (Å²) in [5, 5.41) is 12.3. The molecule has 3 rings (SSSR count). The van der Waals surface area contributed by atoms with Gasteiger partial charge in [-0.1, -0.05) is 19.0 Å². The number of aryl methyl sites for hydroxylation is 3. The first-order valence-electron chi connectivity index (χ1n) is 7.99. The Morgan fingerprint density at radius 1 is 1.46 bits per heavy atom. The van der Waals surface area contributed by atoms with E-state index in [0.29, 0.717) is 35.5 Å². The SMILES string of the molecule is Cc1noc(CCCNC(=O)c2cc3c(C(C)C)nn(C)c3s2)n1. The average Bonchev–Trinajstić information content (AvgIpc) is 3.20. The molecule has 128 valence electrons. The van der Waals surface area contributed by atoms with E-state index in [0.717, 1.165) is 22.3 Å². The number of nitrogens with one attached hydrogen (secondary N) is 1. The van der Waals surface area contributed by atoms with Crippen molar-refractivity contribution in [2.75, 3.05) is 6.54 Å². The quantitative estimate of drug-likeness (QED) is 0.693. The summed E-state index contributed by atoms with van der Waals surface area (Å²) in [5.74, 6) is 1.52. The first-order chi connectivity index (χ1) is 11.5. The average molecular weight is 347 g/mol. The van der Waals surface area contributed by atoms with Crippen LogP contribution in [-0.4, -0.2) is 32.4 Å². The highest BCUT2D eigenvalue weighted by Crippen LogP contribution is 2.31. The normalized spacial score (nSPS) is 11.5. The number of aromatic nitrogens is 4. The van der Waals surface area contributed by atoms with Crippen molar-refractivity contribution in [1.29, 1.82) is 0 Å². The van der Waals surface area contributed by atoms with Crippen molar-refractivity contribution in [2.45, 2.75) is 39.5 Å². The number of thiophene rings is 1. The second kappa shape index (κ2) is 6.72. The van der Waals surface area contributed by atoms with Crippen molar-refractivity contribution in [3.63, 3.8) is 0 Å². The third-order valence-electron chi connectivity index (χ3n) is 3.73. The number of hydrogen-bond donors (Lipinski definition) is 1. The molecule has 7 nitrogen and oxygen atoms in total. The van der Waals surface area contributed by atoms with Crippen LogP contribution in [0.25, 0.3) is 10.2 Å². The molecule has 0 fully saturated rings. The molecule has 3 aromatic heterocycles. The number of hydrogen-bond acceptors (Lipinski definition) is 6. The number of amides is 1. The number of carbonyl (C=O) groups is 1. The fourth-order valence-electron chi connectivity index (χ4n) is 2.57. The molecule has 1 amide bonds. The molecule has 0 aliphatic rings. The molecule has 0 spiro atoms. The zero-order valence-electron chi connectivity index (χ0n) is 14.3. The maximum atomic E-state index is 12.3. The van der Waals surface area contributed by atoms with E-state index in [1.165, 1.54) is 11.3 Å². The van der Waals surface area contributed by atoms with Crippen molar-refractivity contribution in [2.24, 2.45) is 7.05 Å². The van der Waals surface area contributed by atoms with E-state index >= 15 is 0 Å². The number of carbonyl (C=O) groups excluding carboxylic acids is 1. The van der Waals surface area contributed by atoms with Crippen LogP contribution in [0.2, 0.25) is 0 Å². The van der Waals surface area contributed by atoms with Gasteiger partial charge in [0.25, 0.3) is 5.91 Å². The molecular weight excluding hydrogens is 326 g/mol. The first-order valence-corrected chi connectivity index (χ1v) is 8.81. The summed E-state index contributed by atoms with van der Waals surface area (Å²) in [6.45, 7) is 6.58. The lowest BCUT2D eigenvalue weighted by Gasteiger charge is -2.02. The van der Waals surface area contributed by atoms with Gasteiger partial charge in [0.05, 0.1) is 10.6 Å². The minimum atomic E-state index is -0.0485. The molecule has 3 heterocycles.